The number of amides is 2. The molecule has 2 aliphatic rings. The van der Waals surface area contributed by atoms with E-state index >= 15 is 4.57 Å². The molecule has 2 fully saturated rings. The van der Waals surface area contributed by atoms with E-state index < -0.39 is 37.0 Å². The maximum Gasteiger partial charge on any atom is 0.409 e. The van der Waals surface area contributed by atoms with Crippen molar-refractivity contribution in [1.82, 2.24) is 38.7 Å². The van der Waals surface area contributed by atoms with E-state index in [2.05, 4.69) is 46.6 Å². The summed E-state index contributed by atoms with van der Waals surface area (Å²) in [4.78, 5) is 57.9. The Morgan fingerprint density at radius 2 is 1.33 bits per heavy atom. The van der Waals surface area contributed by atoms with Crippen molar-refractivity contribution in [2.24, 2.45) is 5.41 Å². The lowest BCUT2D eigenvalue weighted by atomic mass is 9.75. The Morgan fingerprint density at radius 3 is 1.90 bits per heavy atom. The Bertz CT molecular complexity index is 3100. The molecule has 3 atom stereocenters. The van der Waals surface area contributed by atoms with Crippen molar-refractivity contribution in [2.45, 2.75) is 51.7 Å². The quantitative estimate of drug-likeness (QED) is 0.0250. The molecule has 2 saturated heterocycles. The molecule has 0 spiro atoms. The molecule has 7 aromatic rings. The highest BCUT2D eigenvalue weighted by Gasteiger charge is 2.48. The van der Waals surface area contributed by atoms with Crippen LogP contribution in [0.5, 0.6) is 11.5 Å². The van der Waals surface area contributed by atoms with E-state index in [1.807, 2.05) is 89.5 Å². The number of carbonyl (C=O) groups is 3. The summed E-state index contributed by atoms with van der Waals surface area (Å²) >= 11 is 0. The number of nitrogens with one attached hydrogen (secondary N) is 1. The van der Waals surface area contributed by atoms with Crippen LogP contribution in [0, 0.1) is 5.41 Å². The van der Waals surface area contributed by atoms with Crippen LogP contribution in [0.1, 0.15) is 54.9 Å². The number of morpholine rings is 1. The molecular weight excluding hydrogens is 1030 g/mol. The average Bonchev–Trinajstić information content (AvgIpc) is 4.11. The number of piperazine rings is 1. The molecule has 2 aliphatic heterocycles. The molecule has 2 amide bonds. The van der Waals surface area contributed by atoms with Crippen molar-refractivity contribution in [2.75, 3.05) is 85.6 Å². The number of imidazole rings is 1. The second kappa shape index (κ2) is 25.2. The molecule has 20 heteroatoms. The van der Waals surface area contributed by atoms with Gasteiger partial charge in [0.05, 0.1) is 43.0 Å². The van der Waals surface area contributed by atoms with E-state index in [-0.39, 0.29) is 83.4 Å². The highest BCUT2D eigenvalue weighted by Crippen LogP contribution is 2.53. The summed E-state index contributed by atoms with van der Waals surface area (Å²) in [5.74, 6) is 0.194. The number of nitrogens with zero attached hydrogens (tertiary/aromatic N) is 8. The van der Waals surface area contributed by atoms with Crippen molar-refractivity contribution in [3.05, 3.63) is 180 Å². The van der Waals surface area contributed by atoms with E-state index in [4.69, 9.17) is 43.2 Å². The number of fused-ring (bicyclic) bond motifs is 1. The molecule has 0 radical (unpaired) electrons. The van der Waals surface area contributed by atoms with E-state index in [9.17, 15) is 14.4 Å². The molecule has 1 N–H and O–H groups in total. The maximum atomic E-state index is 15.3. The molecule has 79 heavy (non-hydrogen) atoms. The number of benzene rings is 5. The van der Waals surface area contributed by atoms with Crippen molar-refractivity contribution in [3.63, 3.8) is 0 Å². The first-order valence-corrected chi connectivity index (χ1v) is 27.9. The lowest BCUT2D eigenvalue weighted by molar-refractivity contribution is -0.146. The predicted octanol–water partition coefficient (Wildman–Crippen LogP) is 8.82. The van der Waals surface area contributed by atoms with Gasteiger partial charge in [0.2, 0.25) is 11.9 Å². The third-order valence-corrected chi connectivity index (χ3v) is 16.4. The van der Waals surface area contributed by atoms with Gasteiger partial charge in [-0.05, 0) is 81.4 Å². The van der Waals surface area contributed by atoms with Crippen molar-refractivity contribution in [1.29, 1.82) is 0 Å². The first-order valence-electron chi connectivity index (χ1n) is 26.3. The summed E-state index contributed by atoms with van der Waals surface area (Å²) in [6.07, 6.45) is -0.242. The van der Waals surface area contributed by atoms with Crippen LogP contribution < -0.4 is 14.8 Å². The van der Waals surface area contributed by atoms with Crippen molar-refractivity contribution < 1.29 is 47.2 Å². The number of esters is 1. The first kappa shape index (κ1) is 56.4. The van der Waals surface area contributed by atoms with Crippen LogP contribution >= 0.6 is 7.67 Å². The maximum absolute atomic E-state index is 15.3. The second-order valence-corrected chi connectivity index (χ2v) is 23.1. The largest absolute Gasteiger partial charge is 0.487 e. The van der Waals surface area contributed by atoms with Gasteiger partial charge in [-0.15, -0.1) is 0 Å². The average molecular weight is 1090 g/mol. The summed E-state index contributed by atoms with van der Waals surface area (Å²) in [6, 6.07) is 47.1. The molecular formula is C59H68N9O10P. The number of aromatic nitrogens is 4. The standard InChI is InChI=1S/C59H68N9O10P/c1-58(2,3)55(70)78-48-29-27-47(28-30-48)75-41-50-53-54(63-56(61-50)62-51(69)37-43-19-11-7-12-20-43)68(42-60-53)52-39-66(59(44-21-13-8-14-22-44,45-23-15-9-16-24-45)46-25-17-10-18-26-46)38-49(77-52)40-76-79(72,64(4)5)67-33-31-65(32-34-67)57(71)74-36-35-73-6/h7-30,42,49,52H,31-41H2,1-6H3,(H,61,62,63,69). The van der Waals surface area contributed by atoms with Gasteiger partial charge in [0.25, 0.3) is 0 Å². The number of anilines is 1. The molecule has 414 valence electrons. The van der Waals surface area contributed by atoms with Gasteiger partial charge in [-0.25, -0.2) is 24.1 Å². The summed E-state index contributed by atoms with van der Waals surface area (Å²) in [5.41, 5.74) is 3.39. The molecule has 3 unspecified atom stereocenters. The molecule has 19 nitrogen and oxygen atoms in total. The van der Waals surface area contributed by atoms with Crippen LogP contribution in [-0.4, -0.2) is 143 Å². The Morgan fingerprint density at radius 1 is 0.747 bits per heavy atom. The Balaban J connectivity index is 1.10. The summed E-state index contributed by atoms with van der Waals surface area (Å²) in [5, 5.41) is 2.93. The number of ether oxygens (including phenoxy) is 5. The van der Waals surface area contributed by atoms with Gasteiger partial charge in [0, 0.05) is 46.4 Å². The zero-order valence-electron chi connectivity index (χ0n) is 45.5. The Labute approximate surface area is 460 Å². The Hall–Kier alpha value is -7.35. The van der Waals surface area contributed by atoms with Gasteiger partial charge in [-0.1, -0.05) is 121 Å². The number of rotatable bonds is 20. The second-order valence-electron chi connectivity index (χ2n) is 20.5. The summed E-state index contributed by atoms with van der Waals surface area (Å²) in [7, 11) is 1.28. The predicted molar refractivity (Wildman–Crippen MR) is 298 cm³/mol. The lowest BCUT2D eigenvalue weighted by Gasteiger charge is -2.50. The number of methoxy groups -OCH3 is 1. The molecule has 5 aromatic carbocycles. The van der Waals surface area contributed by atoms with Crippen LogP contribution in [0.15, 0.2) is 152 Å². The minimum absolute atomic E-state index is 0.0354. The highest BCUT2D eigenvalue weighted by molar-refractivity contribution is 7.53. The third kappa shape index (κ3) is 13.1. The fourth-order valence-electron chi connectivity index (χ4n) is 9.80. The van der Waals surface area contributed by atoms with Crippen LogP contribution in [0.4, 0.5) is 10.7 Å². The zero-order chi connectivity index (χ0) is 55.6. The van der Waals surface area contributed by atoms with E-state index in [1.54, 1.807) is 86.8 Å². The van der Waals surface area contributed by atoms with Gasteiger partial charge < -0.3 is 33.1 Å². The van der Waals surface area contributed by atoms with Crippen LogP contribution in [0.3, 0.4) is 0 Å². The topological polar surface area (TPSA) is 192 Å². The molecule has 4 heterocycles. The van der Waals surface area contributed by atoms with Gasteiger partial charge in [-0.2, -0.15) is 4.98 Å². The third-order valence-electron chi connectivity index (χ3n) is 13.8. The van der Waals surface area contributed by atoms with Crippen molar-refractivity contribution in [3.8, 4) is 11.5 Å². The molecule has 9 rings (SSSR count). The van der Waals surface area contributed by atoms with Crippen molar-refractivity contribution >= 4 is 42.8 Å². The van der Waals surface area contributed by atoms with Crippen LogP contribution in [-0.2, 0) is 51.5 Å². The van der Waals surface area contributed by atoms with Crippen LogP contribution in [0.2, 0.25) is 0 Å². The monoisotopic (exact) mass is 1090 g/mol. The first-order chi connectivity index (χ1) is 38.1. The zero-order valence-corrected chi connectivity index (χ0v) is 46.4. The van der Waals surface area contributed by atoms with Gasteiger partial charge in [-0.3, -0.25) is 28.9 Å². The normalized spacial score (nSPS) is 17.3. The number of hydrogen-bond acceptors (Lipinski definition) is 14. The van der Waals surface area contributed by atoms with Gasteiger partial charge in [0.1, 0.15) is 42.2 Å². The van der Waals surface area contributed by atoms with E-state index in [0.29, 0.717) is 34.9 Å². The number of carbonyl (C=O) groups excluding carboxylic acids is 3. The molecule has 0 bridgehead atoms. The van der Waals surface area contributed by atoms with E-state index in [1.165, 1.54) is 0 Å². The fraction of sp³-hybridized carbons (Fsp3) is 0.356. The molecule has 0 saturated carbocycles. The minimum atomic E-state index is -3.72. The number of hydrogen-bond donors (Lipinski definition) is 1. The summed E-state index contributed by atoms with van der Waals surface area (Å²) in [6.45, 7) is 7.35. The Kier molecular flexibility index (Phi) is 18.0. The SMILES string of the molecule is COCCOC(=O)N1CCN(P(=O)(OCC2CN(C(c3ccccc3)(c3ccccc3)c3ccccc3)CC(n3cnc4c(COc5ccc(OC(=O)C(C)(C)C)cc5)nc(NC(=O)Cc5ccccc5)nc43)O2)N(C)C)CC1. The smallest absolute Gasteiger partial charge is 0.409 e. The summed E-state index contributed by atoms with van der Waals surface area (Å²) < 4.78 is 56.7. The van der Waals surface area contributed by atoms with Gasteiger partial charge in [0.15, 0.2) is 5.65 Å². The molecule has 0 aliphatic carbocycles. The molecule has 2 aromatic heterocycles. The highest BCUT2D eigenvalue weighted by atomic mass is 31.2. The van der Waals surface area contributed by atoms with Gasteiger partial charge >= 0.3 is 19.7 Å². The minimum Gasteiger partial charge on any atom is -0.487 e. The van der Waals surface area contributed by atoms with Crippen LogP contribution in [0.25, 0.3) is 11.2 Å². The fourth-order valence-corrected chi connectivity index (χ4v) is 11.7. The lowest BCUT2D eigenvalue weighted by Crippen LogP contribution is -2.57. The van der Waals surface area contributed by atoms with E-state index in [0.717, 1.165) is 22.3 Å².